The number of halogens is 2. The molecule has 1 heterocycles. The number of carbonyl (C=O) groups excluding carboxylic acids is 2. The summed E-state index contributed by atoms with van der Waals surface area (Å²) in [6, 6.07) is 12.5. The molecule has 2 aromatic carbocycles. The monoisotopic (exact) mass is 432 g/mol. The zero-order chi connectivity index (χ0) is 20.8. The smallest absolute Gasteiger partial charge is 0.254 e. The molecule has 0 aliphatic rings. The van der Waals surface area contributed by atoms with Crippen LogP contribution in [-0.4, -0.2) is 38.8 Å². The summed E-state index contributed by atoms with van der Waals surface area (Å²) >= 11 is 7.12. The molecule has 0 saturated carbocycles. The number of hydrogen-bond acceptors (Lipinski definition) is 5. The van der Waals surface area contributed by atoms with E-state index in [1.54, 1.807) is 41.9 Å². The molecule has 1 amide bonds. The van der Waals surface area contributed by atoms with Gasteiger partial charge in [0.1, 0.15) is 11.6 Å². The molecule has 0 aliphatic carbocycles. The van der Waals surface area contributed by atoms with Gasteiger partial charge in [-0.05, 0) is 36.4 Å². The van der Waals surface area contributed by atoms with Crippen LogP contribution in [0, 0.1) is 5.82 Å². The van der Waals surface area contributed by atoms with E-state index in [9.17, 15) is 14.0 Å². The number of carbonyl (C=O) groups is 2. The van der Waals surface area contributed by atoms with Crippen LogP contribution in [0.15, 0.2) is 53.7 Å². The minimum Gasteiger partial charge on any atom is -0.351 e. The first-order chi connectivity index (χ1) is 14.0. The molecule has 3 rings (SSSR count). The molecule has 0 unspecified atom stereocenters. The van der Waals surface area contributed by atoms with Gasteiger partial charge in [-0.3, -0.25) is 9.59 Å². The SMILES string of the molecule is Cn1c(CCNC(=O)c2ccccc2F)nnc1SCC(=O)c1ccc(Cl)cc1. The molecule has 0 aliphatic heterocycles. The summed E-state index contributed by atoms with van der Waals surface area (Å²) in [7, 11) is 1.79. The van der Waals surface area contributed by atoms with Gasteiger partial charge in [0.25, 0.3) is 5.91 Å². The highest BCUT2D eigenvalue weighted by molar-refractivity contribution is 7.99. The largest absolute Gasteiger partial charge is 0.351 e. The Kier molecular flexibility index (Phi) is 7.00. The first-order valence-corrected chi connectivity index (χ1v) is 10.1. The summed E-state index contributed by atoms with van der Waals surface area (Å²) in [4.78, 5) is 24.3. The molecule has 0 bridgehead atoms. The van der Waals surface area contributed by atoms with Gasteiger partial charge in [-0.25, -0.2) is 4.39 Å². The topological polar surface area (TPSA) is 76.9 Å². The van der Waals surface area contributed by atoms with E-state index in [1.807, 2.05) is 0 Å². The van der Waals surface area contributed by atoms with Crippen LogP contribution in [-0.2, 0) is 13.5 Å². The van der Waals surface area contributed by atoms with Crippen molar-refractivity contribution in [2.45, 2.75) is 11.6 Å². The van der Waals surface area contributed by atoms with Crippen molar-refractivity contribution >= 4 is 35.1 Å². The normalized spacial score (nSPS) is 10.7. The molecule has 0 spiro atoms. The zero-order valence-corrected chi connectivity index (χ0v) is 17.1. The minimum absolute atomic E-state index is 0.00224. The van der Waals surface area contributed by atoms with Gasteiger partial charge < -0.3 is 9.88 Å². The highest BCUT2D eigenvalue weighted by Gasteiger charge is 2.14. The van der Waals surface area contributed by atoms with Crippen molar-refractivity contribution < 1.29 is 14.0 Å². The number of amides is 1. The van der Waals surface area contributed by atoms with Crippen LogP contribution in [0.2, 0.25) is 5.02 Å². The molecule has 0 saturated heterocycles. The van der Waals surface area contributed by atoms with Gasteiger partial charge in [-0.1, -0.05) is 35.5 Å². The lowest BCUT2D eigenvalue weighted by atomic mass is 10.1. The first kappa shape index (κ1) is 21.0. The predicted molar refractivity (Wildman–Crippen MR) is 110 cm³/mol. The summed E-state index contributed by atoms with van der Waals surface area (Å²) in [5, 5.41) is 12.0. The Morgan fingerprint density at radius 1 is 1.14 bits per heavy atom. The standard InChI is InChI=1S/C20H18ClFN4O2S/c1-26-18(10-11-23-19(28)15-4-2-3-5-16(15)22)24-25-20(26)29-12-17(27)13-6-8-14(21)9-7-13/h2-9H,10-12H2,1H3,(H,23,28). The highest BCUT2D eigenvalue weighted by atomic mass is 35.5. The fourth-order valence-corrected chi connectivity index (χ4v) is 3.52. The summed E-state index contributed by atoms with van der Waals surface area (Å²) in [6.45, 7) is 0.285. The van der Waals surface area contributed by atoms with E-state index >= 15 is 0 Å². The molecule has 29 heavy (non-hydrogen) atoms. The van der Waals surface area contributed by atoms with Gasteiger partial charge >= 0.3 is 0 Å². The lowest BCUT2D eigenvalue weighted by Gasteiger charge is -2.06. The van der Waals surface area contributed by atoms with Crippen molar-refractivity contribution in [3.63, 3.8) is 0 Å². The lowest BCUT2D eigenvalue weighted by Crippen LogP contribution is -2.27. The maximum Gasteiger partial charge on any atom is 0.254 e. The number of hydrogen-bond donors (Lipinski definition) is 1. The number of benzene rings is 2. The van der Waals surface area contributed by atoms with E-state index in [0.717, 1.165) is 0 Å². The van der Waals surface area contributed by atoms with Crippen molar-refractivity contribution in [1.29, 1.82) is 0 Å². The molecule has 6 nitrogen and oxygen atoms in total. The Morgan fingerprint density at radius 2 is 1.86 bits per heavy atom. The fourth-order valence-electron chi connectivity index (χ4n) is 2.57. The van der Waals surface area contributed by atoms with Crippen LogP contribution in [0.4, 0.5) is 4.39 Å². The average molecular weight is 433 g/mol. The van der Waals surface area contributed by atoms with Gasteiger partial charge in [-0.2, -0.15) is 0 Å². The van der Waals surface area contributed by atoms with Crippen molar-refractivity contribution in [2.24, 2.45) is 7.05 Å². The van der Waals surface area contributed by atoms with E-state index in [-0.39, 0.29) is 23.6 Å². The number of Topliss-reactive ketones (excluding diaryl/α,β-unsaturated/α-hetero) is 1. The highest BCUT2D eigenvalue weighted by Crippen LogP contribution is 2.18. The average Bonchev–Trinajstić information content (AvgIpc) is 3.06. The van der Waals surface area contributed by atoms with Crippen molar-refractivity contribution in [1.82, 2.24) is 20.1 Å². The number of ketones is 1. The number of thioether (sulfide) groups is 1. The second-order valence-electron chi connectivity index (χ2n) is 6.16. The van der Waals surface area contributed by atoms with Crippen LogP contribution in [0.25, 0.3) is 0 Å². The van der Waals surface area contributed by atoms with Gasteiger partial charge in [0, 0.05) is 30.6 Å². The second-order valence-corrected chi connectivity index (χ2v) is 7.54. The summed E-state index contributed by atoms with van der Waals surface area (Å²) in [5.74, 6) is -0.202. The molecule has 0 fully saturated rings. The third-order valence-corrected chi connectivity index (χ3v) is 5.45. The fraction of sp³-hybridized carbons (Fsp3) is 0.200. The first-order valence-electron chi connectivity index (χ1n) is 8.78. The summed E-state index contributed by atoms with van der Waals surface area (Å²) in [5.41, 5.74) is 0.586. The Hall–Kier alpha value is -2.71. The maximum absolute atomic E-state index is 13.6. The molecule has 9 heteroatoms. The van der Waals surface area contributed by atoms with Crippen LogP contribution >= 0.6 is 23.4 Å². The Balaban J connectivity index is 1.51. The van der Waals surface area contributed by atoms with E-state index < -0.39 is 11.7 Å². The number of rotatable bonds is 8. The number of aromatic nitrogens is 3. The van der Waals surface area contributed by atoms with Gasteiger partial charge in [-0.15, -0.1) is 10.2 Å². The zero-order valence-electron chi connectivity index (χ0n) is 15.6. The Bertz CT molecular complexity index is 1020. The summed E-state index contributed by atoms with van der Waals surface area (Å²) < 4.78 is 15.4. The summed E-state index contributed by atoms with van der Waals surface area (Å²) in [6.07, 6.45) is 0.426. The lowest BCUT2D eigenvalue weighted by molar-refractivity contribution is 0.0949. The third-order valence-electron chi connectivity index (χ3n) is 4.18. The van der Waals surface area contributed by atoms with Gasteiger partial charge in [0.15, 0.2) is 10.9 Å². The van der Waals surface area contributed by atoms with Crippen LogP contribution < -0.4 is 5.32 Å². The predicted octanol–water partition coefficient (Wildman–Crippen LogP) is 3.56. The minimum atomic E-state index is -0.562. The number of nitrogens with one attached hydrogen (secondary N) is 1. The van der Waals surface area contributed by atoms with E-state index in [2.05, 4.69) is 15.5 Å². The molecule has 150 valence electrons. The molecular weight excluding hydrogens is 415 g/mol. The van der Waals surface area contributed by atoms with Crippen LogP contribution in [0.1, 0.15) is 26.5 Å². The van der Waals surface area contributed by atoms with E-state index in [0.29, 0.717) is 28.0 Å². The van der Waals surface area contributed by atoms with Crippen LogP contribution in [0.5, 0.6) is 0 Å². The Morgan fingerprint density at radius 3 is 2.59 bits per heavy atom. The third kappa shape index (κ3) is 5.42. The quantitative estimate of drug-likeness (QED) is 0.435. The van der Waals surface area contributed by atoms with Gasteiger partial charge in [0.2, 0.25) is 0 Å². The molecule has 1 aromatic heterocycles. The molecule has 0 radical (unpaired) electrons. The molecular formula is C20H18ClFN4O2S. The Labute approximate surface area is 176 Å². The molecule has 3 aromatic rings. The van der Waals surface area contributed by atoms with E-state index in [1.165, 1.54) is 30.0 Å². The number of nitrogens with zero attached hydrogens (tertiary/aromatic N) is 3. The van der Waals surface area contributed by atoms with Crippen LogP contribution in [0.3, 0.4) is 0 Å². The van der Waals surface area contributed by atoms with Crippen molar-refractivity contribution in [3.05, 3.63) is 76.3 Å². The molecule has 0 atom stereocenters. The van der Waals surface area contributed by atoms with Crippen molar-refractivity contribution in [3.8, 4) is 0 Å². The molecule has 1 N–H and O–H groups in total. The maximum atomic E-state index is 13.6. The second kappa shape index (κ2) is 9.67. The van der Waals surface area contributed by atoms with Gasteiger partial charge in [0.05, 0.1) is 11.3 Å². The van der Waals surface area contributed by atoms with Crippen molar-refractivity contribution in [2.75, 3.05) is 12.3 Å². The van der Waals surface area contributed by atoms with E-state index in [4.69, 9.17) is 11.6 Å².